The maximum absolute atomic E-state index is 10.6. The first kappa shape index (κ1) is 15.5. The Morgan fingerprint density at radius 2 is 1.95 bits per heavy atom. The number of hydrogen-bond donors (Lipinski definition) is 1. The molecule has 7 heteroatoms. The van der Waals surface area contributed by atoms with Crippen LogP contribution in [0.5, 0.6) is 5.88 Å². The third kappa shape index (κ3) is 3.66. The molecular weight excluding hydrogens is 284 g/mol. The van der Waals surface area contributed by atoms with E-state index in [0.29, 0.717) is 19.1 Å². The fraction of sp³-hybridized carbons (Fsp3) is 0.733. The van der Waals surface area contributed by atoms with Gasteiger partial charge in [-0.05, 0) is 0 Å². The molecular formula is C15H24N4O3. The van der Waals surface area contributed by atoms with E-state index in [4.69, 9.17) is 9.47 Å². The van der Waals surface area contributed by atoms with Gasteiger partial charge in [-0.1, -0.05) is 0 Å². The molecule has 0 saturated carbocycles. The number of rotatable bonds is 4. The monoisotopic (exact) mass is 308 g/mol. The number of anilines is 1. The molecule has 0 aromatic carbocycles. The highest BCUT2D eigenvalue weighted by Gasteiger charge is 2.33. The van der Waals surface area contributed by atoms with Gasteiger partial charge in [0.2, 0.25) is 5.88 Å². The second-order valence-corrected chi connectivity index (χ2v) is 6.02. The molecule has 3 rings (SSSR count). The Bertz CT molecular complexity index is 485. The summed E-state index contributed by atoms with van der Waals surface area (Å²) in [5, 5.41) is 10.6. The summed E-state index contributed by atoms with van der Waals surface area (Å²) in [7, 11) is 1.61. The van der Waals surface area contributed by atoms with Crippen LogP contribution in [0.25, 0.3) is 0 Å². The zero-order valence-corrected chi connectivity index (χ0v) is 13.1. The Balaban J connectivity index is 1.53. The number of methoxy groups -OCH3 is 1. The first-order chi connectivity index (χ1) is 10.7. The van der Waals surface area contributed by atoms with Gasteiger partial charge in [-0.25, -0.2) is 9.97 Å². The second kappa shape index (κ2) is 6.76. The van der Waals surface area contributed by atoms with E-state index in [-0.39, 0.29) is 0 Å². The zero-order valence-electron chi connectivity index (χ0n) is 13.1. The van der Waals surface area contributed by atoms with Crippen LogP contribution in [-0.4, -0.2) is 78.6 Å². The van der Waals surface area contributed by atoms with Gasteiger partial charge >= 0.3 is 0 Å². The summed E-state index contributed by atoms with van der Waals surface area (Å²) in [6, 6.07) is 1.86. The molecule has 3 heterocycles. The minimum absolute atomic E-state index is 0.585. The average molecular weight is 308 g/mol. The molecule has 0 unspecified atom stereocenters. The number of piperazine rings is 1. The Hall–Kier alpha value is -1.44. The highest BCUT2D eigenvalue weighted by Crippen LogP contribution is 2.23. The van der Waals surface area contributed by atoms with E-state index in [1.54, 1.807) is 7.11 Å². The lowest BCUT2D eigenvalue weighted by atomic mass is 9.93. The van der Waals surface area contributed by atoms with Crippen molar-refractivity contribution in [2.45, 2.75) is 18.4 Å². The number of aromatic nitrogens is 2. The molecule has 22 heavy (non-hydrogen) atoms. The molecule has 0 aliphatic carbocycles. The summed E-state index contributed by atoms with van der Waals surface area (Å²) in [6.45, 7) is 5.70. The minimum Gasteiger partial charge on any atom is -0.481 e. The summed E-state index contributed by atoms with van der Waals surface area (Å²) < 4.78 is 10.5. The molecule has 2 aliphatic heterocycles. The molecule has 1 N–H and O–H groups in total. The van der Waals surface area contributed by atoms with Crippen molar-refractivity contribution in [3.8, 4) is 5.88 Å². The first-order valence-electron chi connectivity index (χ1n) is 7.82. The van der Waals surface area contributed by atoms with Crippen LogP contribution in [0.1, 0.15) is 12.8 Å². The summed E-state index contributed by atoms with van der Waals surface area (Å²) >= 11 is 0. The van der Waals surface area contributed by atoms with Crippen molar-refractivity contribution in [1.82, 2.24) is 14.9 Å². The van der Waals surface area contributed by atoms with Gasteiger partial charge in [0.15, 0.2) is 0 Å². The molecule has 0 spiro atoms. The predicted molar refractivity (Wildman–Crippen MR) is 82.2 cm³/mol. The largest absolute Gasteiger partial charge is 0.481 e. The van der Waals surface area contributed by atoms with E-state index in [9.17, 15) is 5.11 Å². The highest BCUT2D eigenvalue weighted by atomic mass is 16.5. The van der Waals surface area contributed by atoms with E-state index in [1.165, 1.54) is 6.33 Å². The van der Waals surface area contributed by atoms with Crippen LogP contribution in [0, 0.1) is 0 Å². The van der Waals surface area contributed by atoms with E-state index < -0.39 is 5.60 Å². The molecule has 2 aliphatic rings. The molecule has 0 bridgehead atoms. The van der Waals surface area contributed by atoms with Gasteiger partial charge in [-0.3, -0.25) is 4.90 Å². The molecule has 1 aromatic rings. The topological polar surface area (TPSA) is 71.0 Å². The number of nitrogens with zero attached hydrogens (tertiary/aromatic N) is 4. The number of aliphatic hydroxyl groups is 1. The van der Waals surface area contributed by atoms with Crippen LogP contribution in [0.15, 0.2) is 12.4 Å². The molecule has 7 nitrogen and oxygen atoms in total. The Kier molecular flexibility index (Phi) is 4.75. The van der Waals surface area contributed by atoms with Crippen molar-refractivity contribution in [3.63, 3.8) is 0 Å². The molecule has 0 atom stereocenters. The first-order valence-corrected chi connectivity index (χ1v) is 7.82. The summed E-state index contributed by atoms with van der Waals surface area (Å²) in [4.78, 5) is 12.9. The smallest absolute Gasteiger partial charge is 0.218 e. The summed E-state index contributed by atoms with van der Waals surface area (Å²) in [5.74, 6) is 1.49. The quantitative estimate of drug-likeness (QED) is 0.849. The number of hydrogen-bond acceptors (Lipinski definition) is 7. The summed E-state index contributed by atoms with van der Waals surface area (Å²) in [6.07, 6.45) is 3.00. The van der Waals surface area contributed by atoms with Crippen LogP contribution in [0.2, 0.25) is 0 Å². The lowest BCUT2D eigenvalue weighted by Gasteiger charge is -2.41. The maximum atomic E-state index is 10.6. The van der Waals surface area contributed by atoms with E-state index in [0.717, 1.165) is 51.4 Å². The fourth-order valence-corrected chi connectivity index (χ4v) is 3.08. The zero-order chi connectivity index (χ0) is 15.4. The maximum Gasteiger partial charge on any atom is 0.218 e. The fourth-order valence-electron chi connectivity index (χ4n) is 3.08. The molecule has 0 amide bonds. The average Bonchev–Trinajstić information content (AvgIpc) is 2.56. The molecule has 0 radical (unpaired) electrons. The van der Waals surface area contributed by atoms with E-state index in [2.05, 4.69) is 19.8 Å². The van der Waals surface area contributed by atoms with Crippen molar-refractivity contribution in [3.05, 3.63) is 12.4 Å². The third-order valence-electron chi connectivity index (χ3n) is 4.47. The predicted octanol–water partition coefficient (Wildman–Crippen LogP) is 0.149. The lowest BCUT2D eigenvalue weighted by Crippen LogP contribution is -2.53. The van der Waals surface area contributed by atoms with Gasteiger partial charge < -0.3 is 19.5 Å². The summed E-state index contributed by atoms with van der Waals surface area (Å²) in [5.41, 5.74) is -0.585. The van der Waals surface area contributed by atoms with Crippen LogP contribution >= 0.6 is 0 Å². The second-order valence-electron chi connectivity index (χ2n) is 6.02. The van der Waals surface area contributed by atoms with Crippen LogP contribution in [0.3, 0.4) is 0 Å². The Morgan fingerprint density at radius 1 is 1.23 bits per heavy atom. The molecule has 2 saturated heterocycles. The van der Waals surface area contributed by atoms with Gasteiger partial charge in [0.1, 0.15) is 12.1 Å². The Labute approximate surface area is 130 Å². The number of β-amino-alcohol motifs (C(OH)–C–C–N with tert-alkyl or cyclic N) is 1. The van der Waals surface area contributed by atoms with Gasteiger partial charge in [0.25, 0.3) is 0 Å². The van der Waals surface area contributed by atoms with Gasteiger partial charge in [-0.2, -0.15) is 0 Å². The van der Waals surface area contributed by atoms with Crippen molar-refractivity contribution in [1.29, 1.82) is 0 Å². The van der Waals surface area contributed by atoms with Crippen molar-refractivity contribution in [2.24, 2.45) is 0 Å². The molecule has 2 fully saturated rings. The third-order valence-corrected chi connectivity index (χ3v) is 4.47. The van der Waals surface area contributed by atoms with Crippen LogP contribution < -0.4 is 9.64 Å². The molecule has 122 valence electrons. The van der Waals surface area contributed by atoms with Crippen LogP contribution in [-0.2, 0) is 4.74 Å². The number of ether oxygens (including phenoxy) is 2. The van der Waals surface area contributed by atoms with Gasteiger partial charge in [0.05, 0.1) is 12.7 Å². The standard InChI is InChI=1S/C15H24N4O3/c1-21-14-10-13(16-12-17-14)19-6-4-18(5-7-19)11-15(20)2-8-22-9-3-15/h10,12,20H,2-9,11H2,1H3. The highest BCUT2D eigenvalue weighted by molar-refractivity contribution is 5.41. The SMILES string of the molecule is COc1cc(N2CCN(CC3(O)CCOCC3)CC2)ncn1. The normalized spacial score (nSPS) is 22.5. The van der Waals surface area contributed by atoms with Gasteiger partial charge in [0, 0.05) is 64.8 Å². The van der Waals surface area contributed by atoms with E-state index in [1.807, 2.05) is 6.07 Å². The van der Waals surface area contributed by atoms with Crippen molar-refractivity contribution in [2.75, 3.05) is 57.9 Å². The van der Waals surface area contributed by atoms with Gasteiger partial charge in [-0.15, -0.1) is 0 Å². The Morgan fingerprint density at radius 3 is 2.64 bits per heavy atom. The lowest BCUT2D eigenvalue weighted by molar-refractivity contribution is -0.0802. The van der Waals surface area contributed by atoms with Crippen LogP contribution in [0.4, 0.5) is 5.82 Å². The molecule has 1 aromatic heterocycles. The van der Waals surface area contributed by atoms with E-state index >= 15 is 0 Å². The van der Waals surface area contributed by atoms with Crippen molar-refractivity contribution >= 4 is 5.82 Å². The minimum atomic E-state index is -0.585. The van der Waals surface area contributed by atoms with Crippen molar-refractivity contribution < 1.29 is 14.6 Å².